The molecule has 0 aliphatic heterocycles. The number of carboxylic acids is 1. The molecule has 4 heteroatoms. The fourth-order valence-electron chi connectivity index (χ4n) is 1.21. The summed E-state index contributed by atoms with van der Waals surface area (Å²) in [6, 6.07) is 5.16. The van der Waals surface area contributed by atoms with Gasteiger partial charge in [0.25, 0.3) is 0 Å². The van der Waals surface area contributed by atoms with Gasteiger partial charge in [0, 0.05) is 16.5 Å². The Balaban J connectivity index is 2.62. The van der Waals surface area contributed by atoms with Crippen LogP contribution in [0.25, 0.3) is 0 Å². The van der Waals surface area contributed by atoms with Crippen molar-refractivity contribution < 1.29 is 15.0 Å². The predicted octanol–water partition coefficient (Wildman–Crippen LogP) is 2.56. The van der Waals surface area contributed by atoms with Crippen LogP contribution in [0.5, 0.6) is 5.75 Å². The van der Waals surface area contributed by atoms with E-state index in [4.69, 9.17) is 5.11 Å². The van der Waals surface area contributed by atoms with Crippen molar-refractivity contribution in [1.29, 1.82) is 0 Å². The van der Waals surface area contributed by atoms with Gasteiger partial charge in [-0.1, -0.05) is 22.0 Å². The van der Waals surface area contributed by atoms with E-state index in [1.54, 1.807) is 12.1 Å². The summed E-state index contributed by atoms with van der Waals surface area (Å²) in [6.07, 6.45) is 1.23. The van der Waals surface area contributed by atoms with Gasteiger partial charge in [0.1, 0.15) is 5.75 Å². The molecule has 0 saturated carbocycles. The number of carbonyl (C=O) groups is 1. The number of hydrogen-bond donors (Lipinski definition) is 2. The van der Waals surface area contributed by atoms with Gasteiger partial charge >= 0.3 is 5.97 Å². The topological polar surface area (TPSA) is 57.5 Å². The standard InChI is InChI=1S/C10H11BrO3/c11-8-4-2-5-9(12)7(8)3-1-6-10(13)14/h2,4-5,12H,1,3,6H2,(H,13,14). The predicted molar refractivity (Wildman–Crippen MR) is 56.4 cm³/mol. The van der Waals surface area contributed by atoms with Crippen LogP contribution in [0.3, 0.4) is 0 Å². The minimum atomic E-state index is -0.809. The van der Waals surface area contributed by atoms with Crippen molar-refractivity contribution in [2.75, 3.05) is 0 Å². The first-order chi connectivity index (χ1) is 6.61. The molecule has 0 unspecified atom stereocenters. The van der Waals surface area contributed by atoms with Crippen molar-refractivity contribution in [3.63, 3.8) is 0 Å². The highest BCUT2D eigenvalue weighted by atomic mass is 79.9. The number of benzene rings is 1. The molecule has 0 bridgehead atoms. The van der Waals surface area contributed by atoms with E-state index in [1.807, 2.05) is 6.07 Å². The maximum Gasteiger partial charge on any atom is 0.303 e. The maximum absolute atomic E-state index is 10.3. The number of aliphatic carboxylic acids is 1. The number of halogens is 1. The number of rotatable bonds is 4. The molecule has 0 aliphatic rings. The summed E-state index contributed by atoms with van der Waals surface area (Å²) < 4.78 is 0.822. The Kier molecular flexibility index (Phi) is 3.95. The van der Waals surface area contributed by atoms with Crippen LogP contribution >= 0.6 is 15.9 Å². The molecule has 1 aromatic rings. The van der Waals surface area contributed by atoms with Gasteiger partial charge in [-0.15, -0.1) is 0 Å². The lowest BCUT2D eigenvalue weighted by Crippen LogP contribution is -1.96. The molecule has 1 rings (SSSR count). The molecule has 0 radical (unpaired) electrons. The highest BCUT2D eigenvalue weighted by molar-refractivity contribution is 9.10. The van der Waals surface area contributed by atoms with Crippen LogP contribution in [-0.2, 0) is 11.2 Å². The normalized spacial score (nSPS) is 10.1. The minimum absolute atomic E-state index is 0.126. The van der Waals surface area contributed by atoms with E-state index in [-0.39, 0.29) is 12.2 Å². The smallest absolute Gasteiger partial charge is 0.303 e. The van der Waals surface area contributed by atoms with Gasteiger partial charge in [-0.25, -0.2) is 0 Å². The lowest BCUT2D eigenvalue weighted by molar-refractivity contribution is -0.137. The Labute approximate surface area is 90.5 Å². The Bertz CT molecular complexity index is 316. The van der Waals surface area contributed by atoms with Crippen molar-refractivity contribution in [1.82, 2.24) is 0 Å². The molecular formula is C10H11BrO3. The molecular weight excluding hydrogens is 248 g/mol. The van der Waals surface area contributed by atoms with Crippen LogP contribution in [0.2, 0.25) is 0 Å². The molecule has 0 fully saturated rings. The molecule has 0 aliphatic carbocycles. The SMILES string of the molecule is O=C(O)CCCc1c(O)cccc1Br. The first-order valence-corrected chi connectivity index (χ1v) is 5.08. The molecule has 0 saturated heterocycles. The zero-order valence-electron chi connectivity index (χ0n) is 7.53. The van der Waals surface area contributed by atoms with Crippen LogP contribution in [0.1, 0.15) is 18.4 Å². The van der Waals surface area contributed by atoms with E-state index in [1.165, 1.54) is 0 Å². The number of aromatic hydroxyl groups is 1. The van der Waals surface area contributed by atoms with Gasteiger partial charge in [-0.2, -0.15) is 0 Å². The zero-order valence-corrected chi connectivity index (χ0v) is 9.12. The second kappa shape index (κ2) is 5.00. The zero-order chi connectivity index (χ0) is 10.6. The first kappa shape index (κ1) is 11.0. The molecule has 14 heavy (non-hydrogen) atoms. The summed E-state index contributed by atoms with van der Waals surface area (Å²) in [5, 5.41) is 17.9. The third kappa shape index (κ3) is 3.03. The number of phenolic OH excluding ortho intramolecular Hbond substituents is 1. The highest BCUT2D eigenvalue weighted by Gasteiger charge is 2.06. The quantitative estimate of drug-likeness (QED) is 0.873. The summed E-state index contributed by atoms with van der Waals surface area (Å²) in [5.74, 6) is -0.596. The van der Waals surface area contributed by atoms with E-state index >= 15 is 0 Å². The third-order valence-corrected chi connectivity index (χ3v) is 2.65. The summed E-state index contributed by atoms with van der Waals surface area (Å²) in [5.41, 5.74) is 0.772. The van der Waals surface area contributed by atoms with Crippen molar-refractivity contribution in [3.05, 3.63) is 28.2 Å². The number of carboxylic acid groups (broad SMARTS) is 1. The molecule has 0 aromatic heterocycles. The van der Waals surface area contributed by atoms with Gasteiger partial charge < -0.3 is 10.2 Å². The van der Waals surface area contributed by atoms with E-state index in [0.29, 0.717) is 12.8 Å². The average molecular weight is 259 g/mol. The second-order valence-electron chi connectivity index (χ2n) is 2.98. The number of phenols is 1. The van der Waals surface area contributed by atoms with E-state index in [0.717, 1.165) is 10.0 Å². The fourth-order valence-corrected chi connectivity index (χ4v) is 1.77. The monoisotopic (exact) mass is 258 g/mol. The Hall–Kier alpha value is -1.03. The fraction of sp³-hybridized carbons (Fsp3) is 0.300. The van der Waals surface area contributed by atoms with Crippen LogP contribution in [0, 0.1) is 0 Å². The Morgan fingerprint density at radius 1 is 1.43 bits per heavy atom. The third-order valence-electron chi connectivity index (χ3n) is 1.91. The molecule has 0 spiro atoms. The van der Waals surface area contributed by atoms with Gasteiger partial charge in [0.2, 0.25) is 0 Å². The Morgan fingerprint density at radius 2 is 2.14 bits per heavy atom. The van der Waals surface area contributed by atoms with Crippen molar-refractivity contribution in [2.24, 2.45) is 0 Å². The molecule has 0 heterocycles. The minimum Gasteiger partial charge on any atom is -0.508 e. The van der Waals surface area contributed by atoms with Crippen LogP contribution in [-0.4, -0.2) is 16.2 Å². The van der Waals surface area contributed by atoms with Crippen LogP contribution in [0.4, 0.5) is 0 Å². The van der Waals surface area contributed by atoms with Crippen molar-refractivity contribution >= 4 is 21.9 Å². The van der Waals surface area contributed by atoms with Gasteiger partial charge in [-0.05, 0) is 25.0 Å². The molecule has 76 valence electrons. The molecule has 2 N–H and O–H groups in total. The van der Waals surface area contributed by atoms with E-state index < -0.39 is 5.97 Å². The summed E-state index contributed by atoms with van der Waals surface area (Å²) in [6.45, 7) is 0. The largest absolute Gasteiger partial charge is 0.508 e. The summed E-state index contributed by atoms with van der Waals surface area (Å²) >= 11 is 3.31. The maximum atomic E-state index is 10.3. The molecule has 0 atom stereocenters. The molecule has 3 nitrogen and oxygen atoms in total. The lowest BCUT2D eigenvalue weighted by Gasteiger charge is -2.05. The molecule has 0 amide bonds. The van der Waals surface area contributed by atoms with Gasteiger partial charge in [-0.3, -0.25) is 4.79 Å². The summed E-state index contributed by atoms with van der Waals surface area (Å²) in [4.78, 5) is 10.3. The van der Waals surface area contributed by atoms with Gasteiger partial charge in [0.15, 0.2) is 0 Å². The van der Waals surface area contributed by atoms with E-state index in [9.17, 15) is 9.90 Å². The van der Waals surface area contributed by atoms with Crippen LogP contribution in [0.15, 0.2) is 22.7 Å². The average Bonchev–Trinajstić information content (AvgIpc) is 2.09. The van der Waals surface area contributed by atoms with Crippen molar-refractivity contribution in [3.8, 4) is 5.75 Å². The first-order valence-electron chi connectivity index (χ1n) is 4.29. The Morgan fingerprint density at radius 3 is 2.71 bits per heavy atom. The highest BCUT2D eigenvalue weighted by Crippen LogP contribution is 2.27. The van der Waals surface area contributed by atoms with Crippen LogP contribution < -0.4 is 0 Å². The summed E-state index contributed by atoms with van der Waals surface area (Å²) in [7, 11) is 0. The van der Waals surface area contributed by atoms with E-state index in [2.05, 4.69) is 15.9 Å². The molecule has 1 aromatic carbocycles. The van der Waals surface area contributed by atoms with Gasteiger partial charge in [0.05, 0.1) is 0 Å². The number of hydrogen-bond acceptors (Lipinski definition) is 2. The van der Waals surface area contributed by atoms with Crippen molar-refractivity contribution in [2.45, 2.75) is 19.3 Å². The lowest BCUT2D eigenvalue weighted by atomic mass is 10.1. The second-order valence-corrected chi connectivity index (χ2v) is 3.84.